The fourth-order valence-electron chi connectivity index (χ4n) is 3.19. The zero-order valence-electron chi connectivity index (χ0n) is 17.3. The van der Waals surface area contributed by atoms with Crippen molar-refractivity contribution in [2.75, 3.05) is 12.3 Å². The number of sulfonamides is 1. The number of benzene rings is 2. The van der Waals surface area contributed by atoms with Crippen molar-refractivity contribution in [1.29, 1.82) is 0 Å². The van der Waals surface area contributed by atoms with Crippen LogP contribution in [-0.2, 0) is 10.0 Å². The number of hydrogen-bond donors (Lipinski definition) is 3. The number of nitrogens with zero attached hydrogens (tertiary/aromatic N) is 2. The predicted octanol–water partition coefficient (Wildman–Crippen LogP) is 3.22. The van der Waals surface area contributed by atoms with E-state index in [1.54, 1.807) is 24.3 Å². The summed E-state index contributed by atoms with van der Waals surface area (Å²) in [6.45, 7) is 3.47. The number of nitrogens with two attached hydrogens (primary N) is 1. The van der Waals surface area contributed by atoms with Crippen molar-refractivity contribution in [3.63, 3.8) is 0 Å². The minimum absolute atomic E-state index is 0.0104. The lowest BCUT2D eigenvalue weighted by Crippen LogP contribution is -2.41. The molecule has 0 aliphatic heterocycles. The van der Waals surface area contributed by atoms with E-state index in [-0.39, 0.29) is 28.8 Å². The van der Waals surface area contributed by atoms with E-state index >= 15 is 0 Å². The molecule has 0 fully saturated rings. The lowest BCUT2D eigenvalue weighted by atomic mass is 10.0. The molecule has 1 heterocycles. The van der Waals surface area contributed by atoms with Crippen LogP contribution in [0.4, 0.5) is 10.2 Å². The Morgan fingerprint density at radius 1 is 1.13 bits per heavy atom. The van der Waals surface area contributed by atoms with Crippen LogP contribution in [0.1, 0.15) is 20.3 Å². The number of nitrogens with one attached hydrogen (secondary N) is 1. The van der Waals surface area contributed by atoms with E-state index in [0.29, 0.717) is 23.2 Å². The Labute approximate surface area is 181 Å². The third kappa shape index (κ3) is 5.07. The van der Waals surface area contributed by atoms with Gasteiger partial charge in [-0.1, -0.05) is 44.5 Å². The van der Waals surface area contributed by atoms with Crippen LogP contribution in [0.3, 0.4) is 0 Å². The van der Waals surface area contributed by atoms with E-state index in [4.69, 9.17) is 5.73 Å². The molecular weight excluding hydrogens is 419 g/mol. The van der Waals surface area contributed by atoms with Gasteiger partial charge in [-0.15, -0.1) is 0 Å². The Bertz CT molecular complexity index is 1150. The van der Waals surface area contributed by atoms with E-state index in [9.17, 15) is 17.9 Å². The first-order valence-electron chi connectivity index (χ1n) is 9.86. The highest BCUT2D eigenvalue weighted by atomic mass is 32.2. The smallest absolute Gasteiger partial charge is 0.241 e. The van der Waals surface area contributed by atoms with Gasteiger partial charge in [0.05, 0.1) is 29.6 Å². The topological polar surface area (TPSA) is 118 Å². The van der Waals surface area contributed by atoms with Crippen LogP contribution in [0.15, 0.2) is 59.8 Å². The minimum Gasteiger partial charge on any atom is -0.395 e. The van der Waals surface area contributed by atoms with Gasteiger partial charge in [-0.3, -0.25) is 4.98 Å². The highest BCUT2D eigenvalue weighted by molar-refractivity contribution is 7.89. The van der Waals surface area contributed by atoms with E-state index in [0.717, 1.165) is 0 Å². The third-order valence-electron chi connectivity index (χ3n) is 5.24. The molecule has 2 aromatic carbocycles. The molecule has 3 rings (SSSR count). The second-order valence-corrected chi connectivity index (χ2v) is 9.00. The average molecular weight is 445 g/mol. The Hall–Kier alpha value is -2.88. The van der Waals surface area contributed by atoms with Crippen molar-refractivity contribution in [1.82, 2.24) is 14.7 Å². The van der Waals surface area contributed by atoms with Gasteiger partial charge in [0.25, 0.3) is 0 Å². The molecule has 4 N–H and O–H groups in total. The molecule has 0 spiro atoms. The first-order chi connectivity index (χ1) is 14.8. The van der Waals surface area contributed by atoms with Crippen LogP contribution < -0.4 is 10.5 Å². The largest absolute Gasteiger partial charge is 0.395 e. The van der Waals surface area contributed by atoms with E-state index < -0.39 is 21.9 Å². The summed E-state index contributed by atoms with van der Waals surface area (Å²) in [5, 5.41) is 9.62. The van der Waals surface area contributed by atoms with Gasteiger partial charge in [0.1, 0.15) is 11.6 Å². The predicted molar refractivity (Wildman–Crippen MR) is 118 cm³/mol. The summed E-state index contributed by atoms with van der Waals surface area (Å²) in [6, 6.07) is 10.2. The highest BCUT2D eigenvalue weighted by Crippen LogP contribution is 2.31. The molecule has 2 atom stereocenters. The number of aromatic nitrogens is 2. The van der Waals surface area contributed by atoms with Crippen molar-refractivity contribution in [2.45, 2.75) is 31.2 Å². The molecule has 0 radical (unpaired) electrons. The fraction of sp³-hybridized carbons (Fsp3) is 0.273. The van der Waals surface area contributed by atoms with Gasteiger partial charge in [0.15, 0.2) is 0 Å². The molecule has 0 saturated carbocycles. The monoisotopic (exact) mass is 444 g/mol. The molecule has 164 valence electrons. The first kappa shape index (κ1) is 22.8. The van der Waals surface area contributed by atoms with Crippen molar-refractivity contribution < 1.29 is 17.9 Å². The molecule has 0 saturated heterocycles. The van der Waals surface area contributed by atoms with Crippen LogP contribution >= 0.6 is 0 Å². The number of nitrogen functional groups attached to an aromatic ring is 1. The Morgan fingerprint density at radius 3 is 2.48 bits per heavy atom. The van der Waals surface area contributed by atoms with Crippen LogP contribution in [0.5, 0.6) is 0 Å². The summed E-state index contributed by atoms with van der Waals surface area (Å²) in [6.07, 6.45) is 3.42. The van der Waals surface area contributed by atoms with Gasteiger partial charge in [-0.05, 0) is 29.7 Å². The Morgan fingerprint density at radius 2 is 1.87 bits per heavy atom. The van der Waals surface area contributed by atoms with E-state index in [2.05, 4.69) is 14.7 Å². The van der Waals surface area contributed by atoms with Crippen molar-refractivity contribution in [3.8, 4) is 22.4 Å². The first-order valence-corrected chi connectivity index (χ1v) is 11.3. The maximum atomic E-state index is 14.9. The summed E-state index contributed by atoms with van der Waals surface area (Å²) in [5.41, 5.74) is 6.82. The molecule has 0 aliphatic carbocycles. The molecule has 9 heteroatoms. The highest BCUT2D eigenvalue weighted by Gasteiger charge is 2.25. The zero-order valence-corrected chi connectivity index (χ0v) is 18.1. The van der Waals surface area contributed by atoms with Crippen LogP contribution in [0, 0.1) is 11.7 Å². The number of rotatable bonds is 8. The zero-order chi connectivity index (χ0) is 22.6. The molecule has 1 aromatic heterocycles. The summed E-state index contributed by atoms with van der Waals surface area (Å²) in [7, 11) is -3.95. The summed E-state index contributed by atoms with van der Waals surface area (Å²) < 4.78 is 43.6. The second kappa shape index (κ2) is 9.51. The van der Waals surface area contributed by atoms with Gasteiger partial charge in [-0.25, -0.2) is 22.5 Å². The maximum Gasteiger partial charge on any atom is 0.241 e. The summed E-state index contributed by atoms with van der Waals surface area (Å²) in [5.74, 6) is -0.389. The average Bonchev–Trinajstić information content (AvgIpc) is 2.77. The molecule has 0 unspecified atom stereocenters. The van der Waals surface area contributed by atoms with Gasteiger partial charge in [-0.2, -0.15) is 0 Å². The van der Waals surface area contributed by atoms with Crippen LogP contribution in [0.2, 0.25) is 0 Å². The molecule has 7 nitrogen and oxygen atoms in total. The van der Waals surface area contributed by atoms with Crippen LogP contribution in [0.25, 0.3) is 22.4 Å². The van der Waals surface area contributed by atoms with Gasteiger partial charge in [0, 0.05) is 17.2 Å². The maximum absolute atomic E-state index is 14.9. The summed E-state index contributed by atoms with van der Waals surface area (Å²) >= 11 is 0. The second-order valence-electron chi connectivity index (χ2n) is 7.31. The molecule has 31 heavy (non-hydrogen) atoms. The molecular formula is C22H25FN4O3S. The van der Waals surface area contributed by atoms with Crippen molar-refractivity contribution >= 4 is 15.8 Å². The number of aliphatic hydroxyl groups excluding tert-OH is 1. The number of hydrogen-bond acceptors (Lipinski definition) is 6. The van der Waals surface area contributed by atoms with E-state index in [1.807, 2.05) is 13.8 Å². The van der Waals surface area contributed by atoms with Gasteiger partial charge in [0.2, 0.25) is 10.0 Å². The standard InChI is InChI=1S/C22H25FN4O3S/c1-3-14(2)20(13-28)27-31(29,30)21-7-5-4-6-16(21)15-8-9-17(18(23)10-15)19-11-26-22(24)12-25-19/h4-12,14,20,27-28H,3,13H2,1-2H3,(H2,24,26)/t14-,20+/m0/s1. The van der Waals surface area contributed by atoms with Crippen LogP contribution in [-0.4, -0.2) is 36.1 Å². The fourth-order valence-corrected chi connectivity index (χ4v) is 4.75. The Kier molecular flexibility index (Phi) is 6.99. The lowest BCUT2D eigenvalue weighted by molar-refractivity contribution is 0.219. The van der Waals surface area contributed by atoms with Gasteiger partial charge >= 0.3 is 0 Å². The van der Waals surface area contributed by atoms with E-state index in [1.165, 1.54) is 30.6 Å². The van der Waals surface area contributed by atoms with Gasteiger partial charge < -0.3 is 10.8 Å². The van der Waals surface area contributed by atoms with Crippen molar-refractivity contribution in [2.24, 2.45) is 5.92 Å². The molecule has 0 bridgehead atoms. The molecule has 3 aromatic rings. The third-order valence-corrected chi connectivity index (χ3v) is 6.79. The molecule has 0 aliphatic rings. The SMILES string of the molecule is CC[C@H](C)[C@@H](CO)NS(=O)(=O)c1ccccc1-c1ccc(-c2cnc(N)cn2)c(F)c1. The molecule has 0 amide bonds. The number of aliphatic hydroxyl groups is 1. The quantitative estimate of drug-likeness (QED) is 0.491. The van der Waals surface area contributed by atoms with Crippen molar-refractivity contribution in [3.05, 3.63) is 60.7 Å². The Balaban J connectivity index is 2.00. The number of anilines is 1. The minimum atomic E-state index is -3.95. The normalized spacial score (nSPS) is 13.7. The number of halogens is 1. The summed E-state index contributed by atoms with van der Waals surface area (Å²) in [4.78, 5) is 8.01. The lowest BCUT2D eigenvalue weighted by Gasteiger charge is -2.23.